The Morgan fingerprint density at radius 3 is 2.67 bits per heavy atom. The number of nitrogens with one attached hydrogen (secondary N) is 1. The second kappa shape index (κ2) is 5.36. The maximum Gasteiger partial charge on any atom is 0.148 e. The normalized spacial score (nSPS) is 10.1. The predicted octanol–water partition coefficient (Wildman–Crippen LogP) is 2.76. The van der Waals surface area contributed by atoms with Crippen LogP contribution in [0.5, 0.6) is 0 Å². The zero-order valence-electron chi connectivity index (χ0n) is 9.02. The highest BCUT2D eigenvalue weighted by Crippen LogP contribution is 2.22. The van der Waals surface area contributed by atoms with Crippen molar-refractivity contribution in [2.24, 2.45) is 5.73 Å². The van der Waals surface area contributed by atoms with Gasteiger partial charge in [-0.1, -0.05) is 12.2 Å². The molecule has 3 N–H and O–H groups in total. The molecule has 0 unspecified atom stereocenters. The van der Waals surface area contributed by atoms with Crippen LogP contribution in [0.15, 0.2) is 35.1 Å². The molecule has 0 radical (unpaired) electrons. The second-order valence-corrected chi connectivity index (χ2v) is 4.70. The molecule has 2 rings (SSSR count). The van der Waals surface area contributed by atoms with Gasteiger partial charge >= 0.3 is 0 Å². The fraction of sp³-hybridized carbons (Fsp3) is 0. The number of nitrogens with zero attached hydrogens (tertiary/aromatic N) is 2. The van der Waals surface area contributed by atoms with E-state index in [2.05, 4.69) is 31.2 Å². The molecule has 1 aromatic heterocycles. The van der Waals surface area contributed by atoms with Gasteiger partial charge in [0.05, 0.1) is 16.9 Å². The summed E-state index contributed by atoms with van der Waals surface area (Å²) in [6.07, 6.45) is 2.98. The van der Waals surface area contributed by atoms with Gasteiger partial charge in [0.2, 0.25) is 0 Å². The van der Waals surface area contributed by atoms with Gasteiger partial charge in [0.25, 0.3) is 0 Å². The monoisotopic (exact) mass is 326 g/mol. The third kappa shape index (κ3) is 2.99. The average Bonchev–Trinajstić information content (AvgIpc) is 2.34. The van der Waals surface area contributed by atoms with Gasteiger partial charge in [0.15, 0.2) is 0 Å². The minimum Gasteiger partial charge on any atom is -0.388 e. The highest BCUT2D eigenvalue weighted by molar-refractivity contribution is 9.10. The average molecular weight is 327 g/mol. The van der Waals surface area contributed by atoms with Crippen LogP contribution in [0, 0.1) is 5.82 Å². The van der Waals surface area contributed by atoms with Crippen molar-refractivity contribution in [1.82, 2.24) is 9.97 Å². The van der Waals surface area contributed by atoms with Crippen molar-refractivity contribution >= 4 is 44.6 Å². The molecule has 0 bridgehead atoms. The first kappa shape index (κ1) is 12.8. The fourth-order valence-electron chi connectivity index (χ4n) is 1.24. The van der Waals surface area contributed by atoms with Crippen LogP contribution in [0.4, 0.5) is 15.9 Å². The Morgan fingerprint density at radius 2 is 2.11 bits per heavy atom. The molecule has 2 aromatic rings. The molecule has 4 nitrogen and oxygen atoms in total. The first-order valence-electron chi connectivity index (χ1n) is 4.90. The molecule has 0 aliphatic carbocycles. The van der Waals surface area contributed by atoms with Gasteiger partial charge < -0.3 is 11.1 Å². The van der Waals surface area contributed by atoms with E-state index in [0.717, 1.165) is 0 Å². The highest BCUT2D eigenvalue weighted by Gasteiger charge is 2.03. The maximum atomic E-state index is 13.0. The van der Waals surface area contributed by atoms with Crippen molar-refractivity contribution in [3.63, 3.8) is 0 Å². The lowest BCUT2D eigenvalue weighted by Gasteiger charge is -2.06. The summed E-state index contributed by atoms with van der Waals surface area (Å²) in [6.45, 7) is 0. The number of hydrogen-bond acceptors (Lipinski definition) is 4. The molecule has 0 aliphatic heterocycles. The van der Waals surface area contributed by atoms with Crippen molar-refractivity contribution in [2.75, 3.05) is 5.32 Å². The molecule has 1 heterocycles. The van der Waals surface area contributed by atoms with Gasteiger partial charge in [-0.3, -0.25) is 0 Å². The smallest absolute Gasteiger partial charge is 0.148 e. The van der Waals surface area contributed by atoms with Gasteiger partial charge in [-0.05, 0) is 34.1 Å². The van der Waals surface area contributed by atoms with Crippen LogP contribution < -0.4 is 11.1 Å². The Balaban J connectivity index is 2.18. The number of hydrogen-bond donors (Lipinski definition) is 2. The zero-order valence-corrected chi connectivity index (χ0v) is 11.4. The number of rotatable bonds is 3. The van der Waals surface area contributed by atoms with Crippen LogP contribution in [-0.4, -0.2) is 15.0 Å². The Morgan fingerprint density at radius 1 is 1.33 bits per heavy atom. The highest BCUT2D eigenvalue weighted by atomic mass is 79.9. The molecule has 0 fully saturated rings. The van der Waals surface area contributed by atoms with Crippen molar-refractivity contribution in [1.29, 1.82) is 0 Å². The van der Waals surface area contributed by atoms with Gasteiger partial charge in [0, 0.05) is 5.69 Å². The van der Waals surface area contributed by atoms with Crippen LogP contribution in [0.3, 0.4) is 0 Å². The van der Waals surface area contributed by atoms with Gasteiger partial charge in [-0.2, -0.15) is 0 Å². The predicted molar refractivity (Wildman–Crippen MR) is 75.3 cm³/mol. The molecule has 0 spiro atoms. The van der Waals surface area contributed by atoms with Crippen molar-refractivity contribution in [3.05, 3.63) is 46.6 Å². The number of aromatic nitrogens is 2. The lowest BCUT2D eigenvalue weighted by atomic mass is 10.3. The van der Waals surface area contributed by atoms with E-state index in [9.17, 15) is 4.39 Å². The van der Waals surface area contributed by atoms with Crippen molar-refractivity contribution in [3.8, 4) is 0 Å². The minimum atomic E-state index is -0.324. The molecule has 0 aliphatic rings. The largest absolute Gasteiger partial charge is 0.388 e. The summed E-state index contributed by atoms with van der Waals surface area (Å²) in [5.41, 5.74) is 6.56. The third-order valence-electron chi connectivity index (χ3n) is 2.10. The molecule has 7 heteroatoms. The van der Waals surface area contributed by atoms with E-state index in [1.165, 1.54) is 18.5 Å². The molecule has 92 valence electrons. The molecule has 18 heavy (non-hydrogen) atoms. The topological polar surface area (TPSA) is 63.8 Å². The van der Waals surface area contributed by atoms with Crippen LogP contribution in [0.2, 0.25) is 0 Å². The molecule has 0 atom stereocenters. The van der Waals surface area contributed by atoms with E-state index in [1.807, 2.05) is 0 Å². The lowest BCUT2D eigenvalue weighted by Crippen LogP contribution is -2.12. The number of nitrogens with two attached hydrogens (primary N) is 1. The number of halogens is 2. The second-order valence-electron chi connectivity index (χ2n) is 3.41. The van der Waals surface area contributed by atoms with Gasteiger partial charge in [-0.25, -0.2) is 14.4 Å². The summed E-state index contributed by atoms with van der Waals surface area (Å²) in [5.74, 6) is 0.198. The van der Waals surface area contributed by atoms with Crippen LogP contribution in [0.1, 0.15) is 5.69 Å². The summed E-state index contributed by atoms with van der Waals surface area (Å²) < 4.78 is 13.4. The van der Waals surface area contributed by atoms with Gasteiger partial charge in [-0.15, -0.1) is 0 Å². The molecular weight excluding hydrogens is 319 g/mol. The Hall–Kier alpha value is -1.60. The maximum absolute atomic E-state index is 13.0. The first-order valence-corrected chi connectivity index (χ1v) is 6.10. The third-order valence-corrected chi connectivity index (χ3v) is 2.91. The molecule has 0 saturated heterocycles. The van der Waals surface area contributed by atoms with Crippen LogP contribution >= 0.6 is 28.1 Å². The fourth-order valence-corrected chi connectivity index (χ4v) is 1.73. The molecular formula is C11H8BrFN4S. The molecule has 1 aromatic carbocycles. The number of anilines is 2. The summed E-state index contributed by atoms with van der Waals surface area (Å²) in [7, 11) is 0. The first-order chi connectivity index (χ1) is 8.56. The summed E-state index contributed by atoms with van der Waals surface area (Å²) >= 11 is 7.88. The van der Waals surface area contributed by atoms with E-state index in [-0.39, 0.29) is 10.8 Å². The van der Waals surface area contributed by atoms with E-state index >= 15 is 0 Å². The zero-order chi connectivity index (χ0) is 13.1. The van der Waals surface area contributed by atoms with E-state index < -0.39 is 0 Å². The Labute approximate surface area is 117 Å². The van der Waals surface area contributed by atoms with Crippen molar-refractivity contribution in [2.45, 2.75) is 0 Å². The van der Waals surface area contributed by atoms with Crippen LogP contribution in [0.25, 0.3) is 0 Å². The molecule has 0 amide bonds. The quantitative estimate of drug-likeness (QED) is 0.849. The number of benzene rings is 1. The summed E-state index contributed by atoms with van der Waals surface area (Å²) in [5, 5.41) is 2.98. The standard InChI is InChI=1S/C11H8BrFN4S/c12-7-3-6(1-2-8(7)13)17-10-5-15-9(4-16-10)11(14)18/h1-5H,(H2,14,18)(H,16,17). The van der Waals surface area contributed by atoms with Gasteiger partial charge in [0.1, 0.15) is 22.3 Å². The summed E-state index contributed by atoms with van der Waals surface area (Å²) in [6, 6.07) is 4.56. The molecule has 0 saturated carbocycles. The SMILES string of the molecule is NC(=S)c1cnc(Nc2ccc(F)c(Br)c2)cn1. The van der Waals surface area contributed by atoms with Crippen LogP contribution in [-0.2, 0) is 0 Å². The number of thiocarbonyl (C=S) groups is 1. The van der Waals surface area contributed by atoms with Crippen molar-refractivity contribution < 1.29 is 4.39 Å². The summed E-state index contributed by atoms with van der Waals surface area (Å²) in [4.78, 5) is 8.33. The van der Waals surface area contributed by atoms with E-state index in [0.29, 0.717) is 21.7 Å². The Bertz CT molecular complexity index is 588. The lowest BCUT2D eigenvalue weighted by molar-refractivity contribution is 0.621. The van der Waals surface area contributed by atoms with E-state index in [1.54, 1.807) is 12.1 Å². The Kier molecular flexibility index (Phi) is 3.83. The minimum absolute atomic E-state index is 0.193. The van der Waals surface area contributed by atoms with E-state index in [4.69, 9.17) is 18.0 Å².